The third kappa shape index (κ3) is 4.19. The van der Waals surface area contributed by atoms with Gasteiger partial charge in [0.2, 0.25) is 0 Å². The lowest BCUT2D eigenvalue weighted by atomic mass is 10.2. The first-order chi connectivity index (χ1) is 13.7. The maximum Gasteiger partial charge on any atom is 0.338 e. The minimum Gasteiger partial charge on any atom is -0.451 e. The van der Waals surface area contributed by atoms with Crippen molar-refractivity contribution in [3.05, 3.63) is 70.3 Å². The van der Waals surface area contributed by atoms with E-state index in [0.29, 0.717) is 15.4 Å². The molecule has 1 aromatic heterocycles. The van der Waals surface area contributed by atoms with Crippen molar-refractivity contribution in [2.45, 2.75) is 17.9 Å². The molecule has 0 spiro atoms. The number of aromatic amines is 1. The number of fused-ring (bicyclic) bond motifs is 1. The molecule has 3 rings (SSSR count). The lowest BCUT2D eigenvalue weighted by Crippen LogP contribution is -2.25. The Hall–Kier alpha value is -3.08. The first-order valence-corrected chi connectivity index (χ1v) is 10.0. The summed E-state index contributed by atoms with van der Waals surface area (Å²) < 4.78 is 30.5. The maximum atomic E-state index is 12.4. The molecule has 0 aliphatic rings. The van der Waals surface area contributed by atoms with Gasteiger partial charge in [0.05, 0.1) is 28.5 Å². The smallest absolute Gasteiger partial charge is 0.338 e. The Morgan fingerprint density at radius 2 is 1.79 bits per heavy atom. The predicted molar refractivity (Wildman–Crippen MR) is 105 cm³/mol. The third-order valence-corrected chi connectivity index (χ3v) is 5.98. The molecular formula is C19H19N3O6S. The lowest BCUT2D eigenvalue weighted by molar-refractivity contribution is -0.0258. The Bertz CT molecular complexity index is 1200. The summed E-state index contributed by atoms with van der Waals surface area (Å²) in [6.45, 7) is 1.58. The van der Waals surface area contributed by atoms with Crippen LogP contribution in [-0.2, 0) is 19.6 Å². The van der Waals surface area contributed by atoms with E-state index in [4.69, 9.17) is 9.57 Å². The van der Waals surface area contributed by atoms with Crippen LogP contribution in [0.5, 0.6) is 0 Å². The Kier molecular flexibility index (Phi) is 5.78. The number of hydroxylamine groups is 1. The van der Waals surface area contributed by atoms with Gasteiger partial charge in [-0.2, -0.15) is 0 Å². The summed E-state index contributed by atoms with van der Waals surface area (Å²) in [5.41, 5.74) is 0.315. The molecule has 1 heterocycles. The predicted octanol–water partition coefficient (Wildman–Crippen LogP) is 2.02. The highest BCUT2D eigenvalue weighted by molar-refractivity contribution is 7.89. The van der Waals surface area contributed by atoms with E-state index < -0.39 is 22.1 Å². The molecule has 3 aromatic rings. The van der Waals surface area contributed by atoms with Crippen molar-refractivity contribution in [1.82, 2.24) is 14.4 Å². The van der Waals surface area contributed by atoms with Gasteiger partial charge < -0.3 is 9.72 Å². The van der Waals surface area contributed by atoms with E-state index in [9.17, 15) is 18.0 Å². The quantitative estimate of drug-likeness (QED) is 0.481. The highest BCUT2D eigenvalue weighted by atomic mass is 32.2. The molecule has 10 heteroatoms. The zero-order valence-electron chi connectivity index (χ0n) is 15.9. The van der Waals surface area contributed by atoms with Crippen molar-refractivity contribution in [1.29, 1.82) is 0 Å². The summed E-state index contributed by atoms with van der Waals surface area (Å²) in [5.74, 6) is -0.472. The van der Waals surface area contributed by atoms with Crippen LogP contribution in [0.1, 0.15) is 29.2 Å². The second kappa shape index (κ2) is 8.11. The molecule has 9 nitrogen and oxygen atoms in total. The molecule has 0 radical (unpaired) electrons. The van der Waals surface area contributed by atoms with Crippen LogP contribution in [-0.4, -0.2) is 43.0 Å². The van der Waals surface area contributed by atoms with Crippen molar-refractivity contribution in [3.63, 3.8) is 0 Å². The van der Waals surface area contributed by atoms with Crippen molar-refractivity contribution in [2.24, 2.45) is 0 Å². The second-order valence-corrected chi connectivity index (χ2v) is 8.07. The summed E-state index contributed by atoms with van der Waals surface area (Å²) in [4.78, 5) is 36.2. The summed E-state index contributed by atoms with van der Waals surface area (Å²) in [6, 6.07) is 12.1. The number of rotatable bonds is 6. The minimum atomic E-state index is -3.81. The number of carbonyl (C=O) groups is 1. The molecule has 0 unspecified atom stereocenters. The molecule has 2 aromatic carbocycles. The van der Waals surface area contributed by atoms with Gasteiger partial charge in [0.15, 0.2) is 11.9 Å². The van der Waals surface area contributed by atoms with Crippen LogP contribution in [0, 0.1) is 0 Å². The molecule has 0 aliphatic carbocycles. The minimum absolute atomic E-state index is 0.0352. The van der Waals surface area contributed by atoms with Gasteiger partial charge in [0.25, 0.3) is 15.6 Å². The lowest BCUT2D eigenvalue weighted by Gasteiger charge is -2.15. The monoisotopic (exact) mass is 417 g/mol. The Balaban J connectivity index is 1.79. The van der Waals surface area contributed by atoms with Crippen molar-refractivity contribution in [3.8, 4) is 0 Å². The van der Waals surface area contributed by atoms with Crippen LogP contribution in [0.15, 0.2) is 58.2 Å². The topological polar surface area (TPSA) is 119 Å². The standard InChI is InChI=1S/C19H19N3O6S/c1-12(17-20-16-7-5-4-6-15(16)18(23)21-17)28-19(24)13-8-10-14(11-9-13)29(25,26)22(2)27-3/h4-12H,1-3H3,(H,20,21,23)/t12-/m0/s1. The van der Waals surface area contributed by atoms with Gasteiger partial charge in [0, 0.05) is 7.05 Å². The first kappa shape index (κ1) is 20.6. The molecule has 0 saturated heterocycles. The van der Waals surface area contributed by atoms with Crippen LogP contribution < -0.4 is 5.56 Å². The summed E-state index contributed by atoms with van der Waals surface area (Å²) in [7, 11) is -1.32. The van der Waals surface area contributed by atoms with E-state index in [0.717, 1.165) is 0 Å². The Morgan fingerprint density at radius 1 is 1.14 bits per heavy atom. The van der Waals surface area contributed by atoms with Crippen LogP contribution in [0.25, 0.3) is 10.9 Å². The summed E-state index contributed by atoms with van der Waals surface area (Å²) in [6.07, 6.45) is -0.817. The number of benzene rings is 2. The van der Waals surface area contributed by atoms with Gasteiger partial charge in [-0.3, -0.25) is 9.63 Å². The van der Waals surface area contributed by atoms with Gasteiger partial charge in [0.1, 0.15) is 0 Å². The number of H-pyrrole nitrogens is 1. The molecule has 0 saturated carbocycles. The van der Waals surface area contributed by atoms with E-state index in [1.165, 1.54) is 38.4 Å². The van der Waals surface area contributed by atoms with E-state index in [2.05, 4.69) is 9.97 Å². The van der Waals surface area contributed by atoms with Crippen LogP contribution in [0.2, 0.25) is 0 Å². The number of ether oxygens (including phenoxy) is 1. The largest absolute Gasteiger partial charge is 0.451 e. The van der Waals surface area contributed by atoms with Crippen molar-refractivity contribution >= 4 is 26.9 Å². The molecule has 1 atom stereocenters. The fraction of sp³-hybridized carbons (Fsp3) is 0.211. The number of hydrogen-bond donors (Lipinski definition) is 1. The number of esters is 1. The second-order valence-electron chi connectivity index (χ2n) is 6.14. The van der Waals surface area contributed by atoms with E-state index in [1.54, 1.807) is 31.2 Å². The fourth-order valence-corrected chi connectivity index (χ4v) is 3.56. The molecule has 152 valence electrons. The highest BCUT2D eigenvalue weighted by Crippen LogP contribution is 2.19. The number of sulfonamides is 1. The number of para-hydroxylation sites is 1. The summed E-state index contributed by atoms with van der Waals surface area (Å²) in [5, 5.41) is 0.438. The number of hydrogen-bond acceptors (Lipinski definition) is 7. The van der Waals surface area contributed by atoms with Crippen molar-refractivity contribution in [2.75, 3.05) is 14.2 Å². The number of carbonyl (C=O) groups excluding carboxylic acids is 1. The molecule has 0 fully saturated rings. The molecule has 0 amide bonds. The number of aromatic nitrogens is 2. The van der Waals surface area contributed by atoms with Gasteiger partial charge in [-0.15, -0.1) is 0 Å². The van der Waals surface area contributed by atoms with Gasteiger partial charge in [-0.1, -0.05) is 16.6 Å². The Labute approximate surface area is 166 Å². The van der Waals surface area contributed by atoms with E-state index in [-0.39, 0.29) is 21.8 Å². The van der Waals surface area contributed by atoms with E-state index in [1.807, 2.05) is 0 Å². The zero-order chi connectivity index (χ0) is 21.2. The normalized spacial score (nSPS) is 12.8. The number of nitrogens with zero attached hydrogens (tertiary/aromatic N) is 2. The molecular weight excluding hydrogens is 398 g/mol. The van der Waals surface area contributed by atoms with Gasteiger partial charge >= 0.3 is 5.97 Å². The molecule has 0 bridgehead atoms. The fourth-order valence-electron chi connectivity index (χ4n) is 2.59. The van der Waals surface area contributed by atoms with Crippen LogP contribution in [0.4, 0.5) is 0 Å². The SMILES string of the molecule is CON(C)S(=O)(=O)c1ccc(C(=O)O[C@@H](C)c2nc3ccccc3c(=O)[nH]2)cc1. The van der Waals surface area contributed by atoms with Gasteiger partial charge in [-0.25, -0.2) is 18.2 Å². The molecule has 1 N–H and O–H groups in total. The highest BCUT2D eigenvalue weighted by Gasteiger charge is 2.22. The average molecular weight is 417 g/mol. The van der Waals surface area contributed by atoms with Gasteiger partial charge in [-0.05, 0) is 43.3 Å². The average Bonchev–Trinajstić information content (AvgIpc) is 2.73. The first-order valence-electron chi connectivity index (χ1n) is 8.57. The Morgan fingerprint density at radius 3 is 2.45 bits per heavy atom. The maximum absolute atomic E-state index is 12.4. The van der Waals surface area contributed by atoms with Crippen LogP contribution in [0.3, 0.4) is 0 Å². The third-order valence-electron chi connectivity index (χ3n) is 4.28. The van der Waals surface area contributed by atoms with E-state index >= 15 is 0 Å². The van der Waals surface area contributed by atoms with Crippen LogP contribution >= 0.6 is 0 Å². The summed E-state index contributed by atoms with van der Waals surface area (Å²) >= 11 is 0. The molecule has 0 aliphatic heterocycles. The number of nitrogens with one attached hydrogen (secondary N) is 1. The van der Waals surface area contributed by atoms with Crippen molar-refractivity contribution < 1.29 is 22.8 Å². The molecule has 29 heavy (non-hydrogen) atoms. The zero-order valence-corrected chi connectivity index (χ0v) is 16.8.